The minimum absolute atomic E-state index is 0.204. The molecule has 2 atom stereocenters. The number of aromatic nitrogens is 2. The zero-order valence-corrected chi connectivity index (χ0v) is 14.3. The molecule has 6 heteroatoms. The molecule has 0 saturated heterocycles. The number of aliphatic hydroxyl groups excluding tert-OH is 1. The summed E-state index contributed by atoms with van der Waals surface area (Å²) in [5, 5.41) is 17.2. The van der Waals surface area contributed by atoms with Crippen LogP contribution in [0.1, 0.15) is 36.5 Å². The molecule has 1 heterocycles. The van der Waals surface area contributed by atoms with E-state index in [2.05, 4.69) is 10.4 Å². The molecule has 124 valence electrons. The van der Waals surface area contributed by atoms with Crippen molar-refractivity contribution < 1.29 is 9.90 Å². The second kappa shape index (κ2) is 7.62. The smallest absolute Gasteiger partial charge is 0.271 e. The lowest BCUT2D eigenvalue weighted by molar-refractivity contribution is 0.0934. The van der Waals surface area contributed by atoms with E-state index < -0.39 is 0 Å². The third kappa shape index (κ3) is 4.81. The van der Waals surface area contributed by atoms with Crippen molar-refractivity contribution in [3.8, 4) is 5.69 Å². The highest BCUT2D eigenvalue weighted by atomic mass is 35.5. The van der Waals surface area contributed by atoms with E-state index >= 15 is 0 Å². The zero-order chi connectivity index (χ0) is 17.0. The van der Waals surface area contributed by atoms with E-state index in [1.807, 2.05) is 26.0 Å². The number of hydrogen-bond donors (Lipinski definition) is 2. The number of nitrogens with one attached hydrogen (secondary N) is 1. The van der Waals surface area contributed by atoms with E-state index in [1.54, 1.807) is 29.8 Å². The Balaban J connectivity index is 2.07. The molecular weight excluding hydrogens is 314 g/mol. The number of rotatable bonds is 6. The minimum atomic E-state index is -0.369. The number of amides is 1. The van der Waals surface area contributed by atoms with Crippen LogP contribution in [0.3, 0.4) is 0 Å². The summed E-state index contributed by atoms with van der Waals surface area (Å²) in [4.78, 5) is 12.2. The van der Waals surface area contributed by atoms with Gasteiger partial charge in [-0.15, -0.1) is 0 Å². The molecular formula is C17H22ClN3O2. The average Bonchev–Trinajstić information content (AvgIpc) is 2.86. The maximum Gasteiger partial charge on any atom is 0.271 e. The third-order valence-corrected chi connectivity index (χ3v) is 3.76. The van der Waals surface area contributed by atoms with Gasteiger partial charge in [-0.1, -0.05) is 24.6 Å². The topological polar surface area (TPSA) is 67.2 Å². The summed E-state index contributed by atoms with van der Waals surface area (Å²) in [6, 6.07) is 9.07. The fourth-order valence-corrected chi connectivity index (χ4v) is 2.66. The third-order valence-electron chi connectivity index (χ3n) is 3.53. The van der Waals surface area contributed by atoms with Crippen LogP contribution in [0.2, 0.25) is 5.02 Å². The Morgan fingerprint density at radius 2 is 2.13 bits per heavy atom. The minimum Gasteiger partial charge on any atom is -0.393 e. The van der Waals surface area contributed by atoms with Gasteiger partial charge in [-0.25, -0.2) is 4.68 Å². The van der Waals surface area contributed by atoms with Crippen LogP contribution >= 0.6 is 11.6 Å². The Labute approximate surface area is 141 Å². The predicted molar refractivity (Wildman–Crippen MR) is 91.1 cm³/mol. The van der Waals surface area contributed by atoms with E-state index in [-0.39, 0.29) is 17.9 Å². The lowest BCUT2D eigenvalue weighted by Crippen LogP contribution is -2.29. The van der Waals surface area contributed by atoms with Gasteiger partial charge < -0.3 is 10.4 Å². The number of carbonyl (C=O) groups is 1. The first-order valence-corrected chi connectivity index (χ1v) is 8.03. The molecule has 1 aromatic heterocycles. The van der Waals surface area contributed by atoms with Crippen molar-refractivity contribution in [2.45, 2.75) is 33.3 Å². The molecule has 0 fully saturated rings. The van der Waals surface area contributed by atoms with Gasteiger partial charge in [0.05, 0.1) is 11.8 Å². The average molecular weight is 336 g/mol. The Kier molecular flexibility index (Phi) is 5.80. The molecule has 5 nitrogen and oxygen atoms in total. The fourth-order valence-electron chi connectivity index (χ4n) is 2.48. The first kappa shape index (κ1) is 17.5. The van der Waals surface area contributed by atoms with Crippen LogP contribution in [0.25, 0.3) is 5.69 Å². The maximum absolute atomic E-state index is 12.2. The molecule has 2 N–H and O–H groups in total. The molecule has 2 rings (SSSR count). The number of nitrogens with zero attached hydrogens (tertiary/aromatic N) is 2. The van der Waals surface area contributed by atoms with Crippen LogP contribution in [0.5, 0.6) is 0 Å². The molecule has 2 aromatic rings. The second-order valence-corrected chi connectivity index (χ2v) is 6.40. The molecule has 0 bridgehead atoms. The van der Waals surface area contributed by atoms with Crippen LogP contribution in [0.4, 0.5) is 0 Å². The Morgan fingerprint density at radius 3 is 2.78 bits per heavy atom. The SMILES string of the molecule is Cc1cc(C(=O)NCC(C)CC(C)O)nn1-c1cccc(Cl)c1. The zero-order valence-electron chi connectivity index (χ0n) is 13.6. The second-order valence-electron chi connectivity index (χ2n) is 5.96. The summed E-state index contributed by atoms with van der Waals surface area (Å²) >= 11 is 6.00. The van der Waals surface area contributed by atoms with Crippen molar-refractivity contribution in [1.29, 1.82) is 0 Å². The molecule has 23 heavy (non-hydrogen) atoms. The standard InChI is InChI=1S/C17H22ClN3O2/c1-11(7-13(3)22)10-19-17(23)16-8-12(2)21(20-16)15-6-4-5-14(18)9-15/h4-6,8-9,11,13,22H,7,10H2,1-3H3,(H,19,23). The van der Waals surface area contributed by atoms with E-state index in [9.17, 15) is 9.90 Å². The summed E-state index contributed by atoms with van der Waals surface area (Å²) in [6.07, 6.45) is 0.280. The number of aryl methyl sites for hydroxylation is 1. The molecule has 0 radical (unpaired) electrons. The van der Waals surface area contributed by atoms with Crippen LogP contribution in [-0.4, -0.2) is 33.4 Å². The molecule has 2 unspecified atom stereocenters. The molecule has 1 aromatic carbocycles. The van der Waals surface area contributed by atoms with Crippen molar-refractivity contribution in [2.75, 3.05) is 6.54 Å². The molecule has 0 saturated carbocycles. The quantitative estimate of drug-likeness (QED) is 0.852. The largest absolute Gasteiger partial charge is 0.393 e. The molecule has 1 amide bonds. The number of hydrogen-bond acceptors (Lipinski definition) is 3. The van der Waals surface area contributed by atoms with Crippen molar-refractivity contribution in [2.24, 2.45) is 5.92 Å². The van der Waals surface area contributed by atoms with Crippen molar-refractivity contribution in [1.82, 2.24) is 15.1 Å². The highest BCUT2D eigenvalue weighted by molar-refractivity contribution is 6.30. The number of aliphatic hydroxyl groups is 1. The monoisotopic (exact) mass is 335 g/mol. The lowest BCUT2D eigenvalue weighted by atomic mass is 10.0. The van der Waals surface area contributed by atoms with Gasteiger partial charge in [0, 0.05) is 17.3 Å². The van der Waals surface area contributed by atoms with Crippen LogP contribution < -0.4 is 5.32 Å². The van der Waals surface area contributed by atoms with Crippen LogP contribution in [0.15, 0.2) is 30.3 Å². The van der Waals surface area contributed by atoms with E-state index in [0.717, 1.165) is 11.4 Å². The molecule has 0 aliphatic rings. The van der Waals surface area contributed by atoms with Gasteiger partial charge in [0.25, 0.3) is 5.91 Å². The van der Waals surface area contributed by atoms with Crippen molar-refractivity contribution >= 4 is 17.5 Å². The van der Waals surface area contributed by atoms with E-state index in [4.69, 9.17) is 11.6 Å². The van der Waals surface area contributed by atoms with Gasteiger partial charge in [0.2, 0.25) is 0 Å². The number of benzene rings is 1. The maximum atomic E-state index is 12.2. The fraction of sp³-hybridized carbons (Fsp3) is 0.412. The molecule has 0 spiro atoms. The Hall–Kier alpha value is -1.85. The van der Waals surface area contributed by atoms with E-state index in [0.29, 0.717) is 23.7 Å². The highest BCUT2D eigenvalue weighted by Gasteiger charge is 2.15. The summed E-state index contributed by atoms with van der Waals surface area (Å²) in [6.45, 7) is 6.13. The summed E-state index contributed by atoms with van der Waals surface area (Å²) in [7, 11) is 0. The predicted octanol–water partition coefficient (Wildman–Crippen LogP) is 2.97. The number of halogens is 1. The first-order chi connectivity index (χ1) is 10.9. The van der Waals surface area contributed by atoms with Crippen molar-refractivity contribution in [3.05, 3.63) is 46.7 Å². The summed E-state index contributed by atoms with van der Waals surface area (Å²) < 4.78 is 1.69. The lowest BCUT2D eigenvalue weighted by Gasteiger charge is -2.13. The Bertz CT molecular complexity index is 682. The molecule has 0 aliphatic heterocycles. The van der Waals surface area contributed by atoms with Gasteiger partial charge in [-0.3, -0.25) is 4.79 Å². The van der Waals surface area contributed by atoms with Crippen molar-refractivity contribution in [3.63, 3.8) is 0 Å². The normalized spacial score (nSPS) is 13.6. The van der Waals surface area contributed by atoms with Gasteiger partial charge >= 0.3 is 0 Å². The highest BCUT2D eigenvalue weighted by Crippen LogP contribution is 2.17. The first-order valence-electron chi connectivity index (χ1n) is 7.65. The summed E-state index contributed by atoms with van der Waals surface area (Å²) in [5.74, 6) is -0.0126. The Morgan fingerprint density at radius 1 is 1.39 bits per heavy atom. The van der Waals surface area contributed by atoms with E-state index in [1.165, 1.54) is 0 Å². The van der Waals surface area contributed by atoms with Crippen LogP contribution in [0, 0.1) is 12.8 Å². The van der Waals surface area contributed by atoms with Crippen LogP contribution in [-0.2, 0) is 0 Å². The van der Waals surface area contributed by atoms with Gasteiger partial charge in [-0.05, 0) is 50.5 Å². The molecule has 0 aliphatic carbocycles. The summed E-state index contributed by atoms with van der Waals surface area (Å²) in [5.41, 5.74) is 2.04. The van der Waals surface area contributed by atoms with Gasteiger partial charge in [0.15, 0.2) is 5.69 Å². The number of carbonyl (C=O) groups excluding carboxylic acids is 1. The van der Waals surface area contributed by atoms with Gasteiger partial charge in [0.1, 0.15) is 0 Å². The van der Waals surface area contributed by atoms with Gasteiger partial charge in [-0.2, -0.15) is 5.10 Å².